The highest BCUT2D eigenvalue weighted by atomic mass is 32.1. The van der Waals surface area contributed by atoms with Crippen LogP contribution in [0.25, 0.3) is 10.1 Å². The van der Waals surface area contributed by atoms with Crippen molar-refractivity contribution in [1.82, 2.24) is 4.37 Å². The maximum Gasteiger partial charge on any atom is 0.313 e. The molecule has 2 rings (SSSR count). The lowest BCUT2D eigenvalue weighted by molar-refractivity contribution is -0.139. The maximum absolute atomic E-state index is 11.9. The number of esters is 1. The minimum Gasteiger partial charge on any atom is -0.497 e. The predicted octanol–water partition coefficient (Wildman–Crippen LogP) is 2.05. The molecule has 1 aromatic carbocycles. The Morgan fingerprint density at radius 2 is 2.11 bits per heavy atom. The van der Waals surface area contributed by atoms with Crippen LogP contribution in [0.2, 0.25) is 0 Å². The van der Waals surface area contributed by atoms with Crippen LogP contribution >= 0.6 is 11.5 Å². The molecule has 0 bridgehead atoms. The van der Waals surface area contributed by atoms with Crippen molar-refractivity contribution >= 4 is 33.4 Å². The fraction of sp³-hybridized carbons (Fsp3) is 0.250. The molecule has 5 nitrogen and oxygen atoms in total. The predicted molar refractivity (Wildman–Crippen MR) is 67.1 cm³/mol. The molecule has 1 aromatic heterocycles. The van der Waals surface area contributed by atoms with Gasteiger partial charge in [0.15, 0.2) is 5.78 Å². The Balaban J connectivity index is 2.38. The van der Waals surface area contributed by atoms with Crippen molar-refractivity contribution in [2.75, 3.05) is 14.2 Å². The van der Waals surface area contributed by atoms with Crippen LogP contribution in [0.1, 0.15) is 16.9 Å². The molecule has 0 spiro atoms. The molecule has 18 heavy (non-hydrogen) atoms. The molecular formula is C12H11NO4S. The molecule has 0 saturated heterocycles. The zero-order valence-electron chi connectivity index (χ0n) is 9.93. The lowest BCUT2D eigenvalue weighted by Gasteiger charge is -2.00. The van der Waals surface area contributed by atoms with Crippen LogP contribution in [-0.2, 0) is 9.53 Å². The van der Waals surface area contributed by atoms with Gasteiger partial charge in [-0.05, 0) is 29.7 Å². The van der Waals surface area contributed by atoms with Crippen LogP contribution in [0.5, 0.6) is 5.75 Å². The average molecular weight is 265 g/mol. The van der Waals surface area contributed by atoms with Crippen LogP contribution in [0, 0.1) is 0 Å². The number of ketones is 1. The van der Waals surface area contributed by atoms with Gasteiger partial charge in [-0.15, -0.1) is 0 Å². The quantitative estimate of drug-likeness (QED) is 0.481. The summed E-state index contributed by atoms with van der Waals surface area (Å²) in [6.45, 7) is 0. The highest BCUT2D eigenvalue weighted by molar-refractivity contribution is 7.13. The molecule has 0 aliphatic rings. The number of ether oxygens (including phenoxy) is 2. The maximum atomic E-state index is 11.9. The fourth-order valence-electron chi connectivity index (χ4n) is 1.53. The number of rotatable bonds is 4. The van der Waals surface area contributed by atoms with E-state index >= 15 is 0 Å². The molecule has 0 amide bonds. The highest BCUT2D eigenvalue weighted by Gasteiger charge is 2.18. The third-order valence-corrected chi connectivity index (χ3v) is 3.30. The van der Waals surface area contributed by atoms with Crippen molar-refractivity contribution in [3.05, 3.63) is 23.9 Å². The Bertz CT molecular complexity index is 605. The molecule has 0 atom stereocenters. The molecular weight excluding hydrogens is 254 g/mol. The molecule has 0 unspecified atom stereocenters. The van der Waals surface area contributed by atoms with Gasteiger partial charge >= 0.3 is 5.97 Å². The zero-order valence-corrected chi connectivity index (χ0v) is 10.7. The van der Waals surface area contributed by atoms with E-state index in [0.29, 0.717) is 16.8 Å². The summed E-state index contributed by atoms with van der Waals surface area (Å²) in [6, 6.07) is 5.37. The van der Waals surface area contributed by atoms with E-state index < -0.39 is 5.97 Å². The number of benzene rings is 1. The van der Waals surface area contributed by atoms with Crippen LogP contribution in [0.15, 0.2) is 18.2 Å². The van der Waals surface area contributed by atoms with Gasteiger partial charge in [-0.3, -0.25) is 9.59 Å². The number of carbonyl (C=O) groups excluding carboxylic acids is 2. The summed E-state index contributed by atoms with van der Waals surface area (Å²) in [4.78, 5) is 23.0. The summed E-state index contributed by atoms with van der Waals surface area (Å²) in [5, 5.41) is 0.702. The summed E-state index contributed by atoms with van der Waals surface area (Å²) >= 11 is 1.22. The molecule has 1 heterocycles. The third-order valence-electron chi connectivity index (χ3n) is 2.47. The lowest BCUT2D eigenvalue weighted by atomic mass is 10.1. The van der Waals surface area contributed by atoms with Gasteiger partial charge in [0.1, 0.15) is 17.9 Å². The normalized spacial score (nSPS) is 10.3. The summed E-state index contributed by atoms with van der Waals surface area (Å²) in [5.74, 6) is -0.264. The van der Waals surface area contributed by atoms with Crippen molar-refractivity contribution < 1.29 is 19.1 Å². The van der Waals surface area contributed by atoms with E-state index in [0.717, 1.165) is 4.70 Å². The van der Waals surface area contributed by atoms with Gasteiger partial charge in [0.05, 0.1) is 18.9 Å². The second-order valence-corrected chi connectivity index (χ2v) is 4.37. The third kappa shape index (κ3) is 2.33. The first-order valence-electron chi connectivity index (χ1n) is 5.19. The number of nitrogens with zero attached hydrogens (tertiary/aromatic N) is 1. The molecule has 0 aliphatic carbocycles. The van der Waals surface area contributed by atoms with Crippen molar-refractivity contribution in [3.63, 3.8) is 0 Å². The average Bonchev–Trinajstić information content (AvgIpc) is 2.81. The summed E-state index contributed by atoms with van der Waals surface area (Å²) < 4.78 is 14.5. The summed E-state index contributed by atoms with van der Waals surface area (Å²) in [7, 11) is 2.80. The number of fused-ring (bicyclic) bond motifs is 1. The number of aromatic nitrogens is 1. The Hall–Kier alpha value is -1.95. The monoisotopic (exact) mass is 265 g/mol. The molecule has 0 fully saturated rings. The van der Waals surface area contributed by atoms with Gasteiger partial charge < -0.3 is 9.47 Å². The van der Waals surface area contributed by atoms with E-state index in [-0.39, 0.29) is 12.2 Å². The molecule has 0 N–H and O–H groups in total. The lowest BCUT2D eigenvalue weighted by Crippen LogP contribution is -2.09. The topological polar surface area (TPSA) is 65.5 Å². The van der Waals surface area contributed by atoms with Crippen molar-refractivity contribution in [2.45, 2.75) is 6.42 Å². The minimum absolute atomic E-state index is 0.291. The Morgan fingerprint density at radius 1 is 1.33 bits per heavy atom. The first-order chi connectivity index (χ1) is 8.65. The molecule has 0 radical (unpaired) electrons. The number of carbonyl (C=O) groups is 2. The number of hydrogen-bond acceptors (Lipinski definition) is 6. The van der Waals surface area contributed by atoms with Crippen LogP contribution in [-0.4, -0.2) is 30.3 Å². The van der Waals surface area contributed by atoms with E-state index in [9.17, 15) is 9.59 Å². The van der Waals surface area contributed by atoms with Crippen LogP contribution in [0.3, 0.4) is 0 Å². The van der Waals surface area contributed by atoms with Crippen LogP contribution in [0.4, 0.5) is 0 Å². The number of hydrogen-bond donors (Lipinski definition) is 0. The van der Waals surface area contributed by atoms with Gasteiger partial charge in [0.25, 0.3) is 0 Å². The van der Waals surface area contributed by atoms with Crippen molar-refractivity contribution in [3.8, 4) is 5.75 Å². The smallest absolute Gasteiger partial charge is 0.313 e. The van der Waals surface area contributed by atoms with Gasteiger partial charge in [-0.2, -0.15) is 4.37 Å². The number of methoxy groups -OCH3 is 2. The van der Waals surface area contributed by atoms with E-state index in [1.165, 1.54) is 18.6 Å². The standard InChI is InChI=1S/C12H11NO4S/c1-16-7-3-4-10-8(5-7)12(13-18-10)9(14)6-11(15)17-2/h3-5H,6H2,1-2H3. The minimum atomic E-state index is -0.566. The first kappa shape index (κ1) is 12.5. The second kappa shape index (κ2) is 5.14. The Kier molecular flexibility index (Phi) is 3.57. The molecule has 94 valence electrons. The number of Topliss-reactive ketones (excluding diaryl/α,β-unsaturated/α-hetero) is 1. The van der Waals surface area contributed by atoms with Gasteiger partial charge in [-0.1, -0.05) is 0 Å². The van der Waals surface area contributed by atoms with Gasteiger partial charge in [0.2, 0.25) is 0 Å². The fourth-order valence-corrected chi connectivity index (χ4v) is 2.31. The van der Waals surface area contributed by atoms with Gasteiger partial charge in [-0.25, -0.2) is 0 Å². The second-order valence-electron chi connectivity index (χ2n) is 3.57. The molecule has 2 aromatic rings. The van der Waals surface area contributed by atoms with Crippen molar-refractivity contribution in [2.24, 2.45) is 0 Å². The summed E-state index contributed by atoms with van der Waals surface area (Å²) in [6.07, 6.45) is -0.299. The van der Waals surface area contributed by atoms with E-state index in [2.05, 4.69) is 9.11 Å². The van der Waals surface area contributed by atoms with Crippen molar-refractivity contribution in [1.29, 1.82) is 0 Å². The Morgan fingerprint density at radius 3 is 2.78 bits per heavy atom. The molecule has 6 heteroatoms. The van der Waals surface area contributed by atoms with Gasteiger partial charge in [0, 0.05) is 5.39 Å². The van der Waals surface area contributed by atoms with Crippen LogP contribution < -0.4 is 4.74 Å². The van der Waals surface area contributed by atoms with E-state index in [4.69, 9.17) is 4.74 Å². The molecule has 0 saturated carbocycles. The largest absolute Gasteiger partial charge is 0.497 e. The Labute approximate surface area is 107 Å². The van der Waals surface area contributed by atoms with E-state index in [1.54, 1.807) is 19.2 Å². The zero-order chi connectivity index (χ0) is 13.1. The molecule has 0 aliphatic heterocycles. The highest BCUT2D eigenvalue weighted by Crippen LogP contribution is 2.27. The first-order valence-corrected chi connectivity index (χ1v) is 5.96. The SMILES string of the molecule is COC(=O)CC(=O)c1nsc2ccc(OC)cc12. The summed E-state index contributed by atoms with van der Waals surface area (Å²) in [5.41, 5.74) is 0.291. The van der Waals surface area contributed by atoms with E-state index in [1.807, 2.05) is 6.07 Å².